The van der Waals surface area contributed by atoms with Crippen LogP contribution in [0.3, 0.4) is 0 Å². The van der Waals surface area contributed by atoms with Crippen LogP contribution in [0.25, 0.3) is 21.8 Å². The predicted molar refractivity (Wildman–Crippen MR) is 119 cm³/mol. The SMILES string of the molecule is CCOC(=O)N1CCC(NC(=O)[C@H](C)c2ccc3c(c2)[nH]c2ccc(Cl)cc23)CC1. The molecule has 1 fully saturated rings. The Labute approximate surface area is 180 Å². The number of hydrogen-bond donors (Lipinski definition) is 2. The molecule has 7 heteroatoms. The molecule has 0 unspecified atom stereocenters. The molecule has 4 rings (SSSR count). The number of benzene rings is 2. The van der Waals surface area contributed by atoms with Crippen LogP contribution in [0.2, 0.25) is 5.02 Å². The summed E-state index contributed by atoms with van der Waals surface area (Å²) in [5, 5.41) is 6.02. The van der Waals surface area contributed by atoms with Gasteiger partial charge in [-0.15, -0.1) is 0 Å². The molecule has 1 saturated heterocycles. The van der Waals surface area contributed by atoms with Gasteiger partial charge in [0.25, 0.3) is 0 Å². The van der Waals surface area contributed by atoms with Crippen molar-refractivity contribution in [3.05, 3.63) is 47.0 Å². The van der Waals surface area contributed by atoms with E-state index in [1.165, 1.54) is 0 Å². The number of aromatic nitrogens is 1. The number of aromatic amines is 1. The number of carbonyl (C=O) groups is 2. The predicted octanol–water partition coefficient (Wildman–Crippen LogP) is 4.82. The van der Waals surface area contributed by atoms with Crippen LogP contribution in [0.15, 0.2) is 36.4 Å². The largest absolute Gasteiger partial charge is 0.450 e. The fourth-order valence-corrected chi connectivity index (χ4v) is 4.23. The quantitative estimate of drug-likeness (QED) is 0.627. The van der Waals surface area contributed by atoms with E-state index in [1.54, 1.807) is 11.8 Å². The van der Waals surface area contributed by atoms with Gasteiger partial charge in [0.1, 0.15) is 0 Å². The molecule has 1 atom stereocenters. The van der Waals surface area contributed by atoms with E-state index in [9.17, 15) is 9.59 Å². The number of fused-ring (bicyclic) bond motifs is 3. The number of likely N-dealkylation sites (tertiary alicyclic amines) is 1. The van der Waals surface area contributed by atoms with Crippen molar-refractivity contribution in [2.24, 2.45) is 0 Å². The maximum atomic E-state index is 12.8. The van der Waals surface area contributed by atoms with Gasteiger partial charge in [0.05, 0.1) is 12.5 Å². The molecular weight excluding hydrogens is 402 g/mol. The second-order valence-corrected chi connectivity index (χ2v) is 8.25. The molecule has 1 aliphatic heterocycles. The zero-order valence-electron chi connectivity index (χ0n) is 17.2. The number of nitrogens with one attached hydrogen (secondary N) is 2. The van der Waals surface area contributed by atoms with Crippen molar-refractivity contribution < 1.29 is 14.3 Å². The van der Waals surface area contributed by atoms with Gasteiger partial charge in [-0.1, -0.05) is 23.7 Å². The van der Waals surface area contributed by atoms with Gasteiger partial charge >= 0.3 is 6.09 Å². The molecule has 30 heavy (non-hydrogen) atoms. The molecule has 158 valence electrons. The minimum Gasteiger partial charge on any atom is -0.450 e. The molecule has 2 aromatic carbocycles. The van der Waals surface area contributed by atoms with Crippen LogP contribution in [0.5, 0.6) is 0 Å². The van der Waals surface area contributed by atoms with Gasteiger partial charge in [-0.2, -0.15) is 0 Å². The molecule has 0 bridgehead atoms. The molecule has 0 aliphatic carbocycles. The van der Waals surface area contributed by atoms with Crippen molar-refractivity contribution in [1.82, 2.24) is 15.2 Å². The summed E-state index contributed by atoms with van der Waals surface area (Å²) >= 11 is 6.14. The van der Waals surface area contributed by atoms with Gasteiger partial charge in [-0.05, 0) is 56.5 Å². The summed E-state index contributed by atoms with van der Waals surface area (Å²) in [4.78, 5) is 29.8. The molecule has 3 aromatic rings. The number of piperidine rings is 1. The third-order valence-corrected chi connectivity index (χ3v) is 6.08. The molecule has 2 heterocycles. The van der Waals surface area contributed by atoms with Crippen LogP contribution < -0.4 is 5.32 Å². The van der Waals surface area contributed by atoms with Crippen LogP contribution >= 0.6 is 11.6 Å². The van der Waals surface area contributed by atoms with Crippen molar-refractivity contribution in [3.8, 4) is 0 Å². The highest BCUT2D eigenvalue weighted by molar-refractivity contribution is 6.31. The summed E-state index contributed by atoms with van der Waals surface area (Å²) in [6.45, 7) is 5.29. The molecule has 0 spiro atoms. The van der Waals surface area contributed by atoms with Gasteiger partial charge in [0, 0.05) is 46.0 Å². The summed E-state index contributed by atoms with van der Waals surface area (Å²) in [6, 6.07) is 11.9. The van der Waals surface area contributed by atoms with E-state index < -0.39 is 0 Å². The van der Waals surface area contributed by atoms with E-state index in [-0.39, 0.29) is 24.0 Å². The molecule has 1 aliphatic rings. The molecular formula is C23H26ClN3O3. The summed E-state index contributed by atoms with van der Waals surface area (Å²) in [5.41, 5.74) is 2.98. The third kappa shape index (κ3) is 4.10. The van der Waals surface area contributed by atoms with E-state index in [4.69, 9.17) is 16.3 Å². The number of carbonyl (C=O) groups excluding carboxylic acids is 2. The number of amides is 2. The Kier molecular flexibility index (Phi) is 5.86. The lowest BCUT2D eigenvalue weighted by atomic mass is 9.97. The molecule has 0 saturated carbocycles. The standard InChI is InChI=1S/C23H26ClN3O3/c1-3-30-23(29)27-10-8-17(9-11-27)25-22(28)14(2)15-4-6-18-19-13-16(24)5-7-20(19)26-21(18)12-15/h4-7,12-14,17,26H,3,8-11H2,1-2H3,(H,25,28)/t14-/m1/s1. The molecule has 2 amide bonds. The first kappa shape index (κ1) is 20.5. The average molecular weight is 428 g/mol. The maximum absolute atomic E-state index is 12.8. The van der Waals surface area contributed by atoms with E-state index in [2.05, 4.69) is 10.3 Å². The van der Waals surface area contributed by atoms with Gasteiger partial charge in [0.15, 0.2) is 0 Å². The first-order valence-electron chi connectivity index (χ1n) is 10.4. The van der Waals surface area contributed by atoms with Crippen LogP contribution in [0.1, 0.15) is 38.2 Å². The summed E-state index contributed by atoms with van der Waals surface area (Å²) in [5.74, 6) is -0.268. The van der Waals surface area contributed by atoms with E-state index >= 15 is 0 Å². The Morgan fingerprint density at radius 1 is 1.17 bits per heavy atom. The molecule has 1 aromatic heterocycles. The lowest BCUT2D eigenvalue weighted by molar-refractivity contribution is -0.123. The minimum absolute atomic E-state index is 0.00286. The number of ether oxygens (including phenoxy) is 1. The summed E-state index contributed by atoms with van der Waals surface area (Å²) in [6.07, 6.45) is 1.20. The Hall–Kier alpha value is -2.73. The van der Waals surface area contributed by atoms with E-state index in [0.717, 1.165) is 40.2 Å². The Balaban J connectivity index is 1.42. The van der Waals surface area contributed by atoms with Crippen LogP contribution in [0.4, 0.5) is 4.79 Å². The van der Waals surface area contributed by atoms with Gasteiger partial charge in [-0.25, -0.2) is 4.79 Å². The second kappa shape index (κ2) is 8.56. The number of hydrogen-bond acceptors (Lipinski definition) is 3. The number of rotatable bonds is 4. The highest BCUT2D eigenvalue weighted by Crippen LogP contribution is 2.30. The van der Waals surface area contributed by atoms with Crippen molar-refractivity contribution in [2.45, 2.75) is 38.6 Å². The first-order chi connectivity index (χ1) is 14.5. The van der Waals surface area contributed by atoms with Crippen molar-refractivity contribution in [1.29, 1.82) is 0 Å². The molecule has 2 N–H and O–H groups in total. The number of H-pyrrole nitrogens is 1. The molecule has 6 nitrogen and oxygen atoms in total. The third-order valence-electron chi connectivity index (χ3n) is 5.85. The first-order valence-corrected chi connectivity index (χ1v) is 10.8. The van der Waals surface area contributed by atoms with Crippen molar-refractivity contribution in [3.63, 3.8) is 0 Å². The Morgan fingerprint density at radius 3 is 2.67 bits per heavy atom. The van der Waals surface area contributed by atoms with E-state index in [1.807, 2.05) is 43.3 Å². The van der Waals surface area contributed by atoms with Crippen LogP contribution in [-0.2, 0) is 9.53 Å². The summed E-state index contributed by atoms with van der Waals surface area (Å²) < 4.78 is 5.05. The zero-order valence-corrected chi connectivity index (χ0v) is 18.0. The van der Waals surface area contributed by atoms with Crippen LogP contribution in [-0.4, -0.2) is 47.6 Å². The topological polar surface area (TPSA) is 74.4 Å². The highest BCUT2D eigenvalue weighted by atomic mass is 35.5. The second-order valence-electron chi connectivity index (χ2n) is 7.81. The van der Waals surface area contributed by atoms with Gasteiger partial charge in [0.2, 0.25) is 5.91 Å². The van der Waals surface area contributed by atoms with Crippen molar-refractivity contribution >= 4 is 45.4 Å². The molecule has 0 radical (unpaired) electrons. The van der Waals surface area contributed by atoms with Crippen molar-refractivity contribution in [2.75, 3.05) is 19.7 Å². The Morgan fingerprint density at radius 2 is 1.93 bits per heavy atom. The highest BCUT2D eigenvalue weighted by Gasteiger charge is 2.26. The lowest BCUT2D eigenvalue weighted by Crippen LogP contribution is -2.47. The zero-order chi connectivity index (χ0) is 21.3. The Bertz CT molecular complexity index is 1090. The average Bonchev–Trinajstić information content (AvgIpc) is 3.10. The van der Waals surface area contributed by atoms with Crippen LogP contribution in [0, 0.1) is 0 Å². The smallest absolute Gasteiger partial charge is 0.409 e. The maximum Gasteiger partial charge on any atom is 0.409 e. The summed E-state index contributed by atoms with van der Waals surface area (Å²) in [7, 11) is 0. The van der Waals surface area contributed by atoms with Gasteiger partial charge in [-0.3, -0.25) is 4.79 Å². The minimum atomic E-state index is -0.274. The lowest BCUT2D eigenvalue weighted by Gasteiger charge is -2.32. The monoisotopic (exact) mass is 427 g/mol. The number of nitrogens with zero attached hydrogens (tertiary/aromatic N) is 1. The number of halogens is 1. The normalized spacial score (nSPS) is 16.0. The van der Waals surface area contributed by atoms with E-state index in [0.29, 0.717) is 24.7 Å². The van der Waals surface area contributed by atoms with Gasteiger partial charge < -0.3 is 19.9 Å². The fourth-order valence-electron chi connectivity index (χ4n) is 4.06. The fraction of sp³-hybridized carbons (Fsp3) is 0.391.